The van der Waals surface area contributed by atoms with Crippen LogP contribution in [0.3, 0.4) is 0 Å². The van der Waals surface area contributed by atoms with Crippen LogP contribution >= 0.6 is 0 Å². The molecule has 0 radical (unpaired) electrons. The Morgan fingerprint density at radius 1 is 0.941 bits per heavy atom. The molecule has 0 spiro atoms. The number of carbonyl (C=O) groups is 1. The standard InChI is InChI=1S/C29H33FN2O2/c1-34-20-25-19-32(29(33)28-8-4-6-23-5-2-3-7-27(23)28)18-24(25)17-31-15-13-22(14-16-31)21-9-11-26(30)12-10-21/h2-12,22,24-25H,13-20H2,1H3. The van der Waals surface area contributed by atoms with Crippen molar-refractivity contribution in [3.05, 3.63) is 83.7 Å². The zero-order valence-electron chi connectivity index (χ0n) is 19.8. The summed E-state index contributed by atoms with van der Waals surface area (Å²) in [5.74, 6) is 1.20. The Kier molecular flexibility index (Phi) is 6.93. The van der Waals surface area contributed by atoms with E-state index in [0.717, 1.165) is 61.9 Å². The summed E-state index contributed by atoms with van der Waals surface area (Å²) >= 11 is 0. The molecular formula is C29H33FN2O2. The summed E-state index contributed by atoms with van der Waals surface area (Å²) in [5.41, 5.74) is 2.03. The third-order valence-corrected chi connectivity index (χ3v) is 7.69. The Labute approximate surface area is 201 Å². The van der Waals surface area contributed by atoms with Crippen molar-refractivity contribution in [3.63, 3.8) is 0 Å². The number of halogens is 1. The summed E-state index contributed by atoms with van der Waals surface area (Å²) in [6.07, 6.45) is 2.18. The van der Waals surface area contributed by atoms with Gasteiger partial charge in [-0.2, -0.15) is 0 Å². The van der Waals surface area contributed by atoms with E-state index < -0.39 is 0 Å². The van der Waals surface area contributed by atoms with E-state index in [1.54, 1.807) is 19.2 Å². The monoisotopic (exact) mass is 460 g/mol. The first-order valence-electron chi connectivity index (χ1n) is 12.4. The highest BCUT2D eigenvalue weighted by Crippen LogP contribution is 2.32. The molecule has 0 saturated carbocycles. The summed E-state index contributed by atoms with van der Waals surface area (Å²) in [6.45, 7) is 5.26. The van der Waals surface area contributed by atoms with Crippen molar-refractivity contribution in [2.24, 2.45) is 11.8 Å². The zero-order valence-corrected chi connectivity index (χ0v) is 19.8. The zero-order chi connectivity index (χ0) is 23.5. The molecule has 5 heteroatoms. The van der Waals surface area contributed by atoms with E-state index in [2.05, 4.69) is 17.0 Å². The van der Waals surface area contributed by atoms with Gasteiger partial charge in [0.15, 0.2) is 0 Å². The number of fused-ring (bicyclic) bond motifs is 1. The Balaban J connectivity index is 1.23. The number of piperidine rings is 1. The SMILES string of the molecule is COCC1CN(C(=O)c2cccc3ccccc23)CC1CN1CCC(c2ccc(F)cc2)CC1. The first-order valence-corrected chi connectivity index (χ1v) is 12.4. The molecule has 2 saturated heterocycles. The Hall–Kier alpha value is -2.76. The van der Waals surface area contributed by atoms with E-state index in [0.29, 0.717) is 24.4 Å². The van der Waals surface area contributed by atoms with E-state index in [-0.39, 0.29) is 11.7 Å². The maximum Gasteiger partial charge on any atom is 0.254 e. The van der Waals surface area contributed by atoms with Gasteiger partial charge in [0.1, 0.15) is 5.82 Å². The van der Waals surface area contributed by atoms with Gasteiger partial charge in [0.2, 0.25) is 0 Å². The number of rotatable bonds is 6. The van der Waals surface area contributed by atoms with Crippen LogP contribution < -0.4 is 0 Å². The molecule has 0 bridgehead atoms. The minimum absolute atomic E-state index is 0.121. The topological polar surface area (TPSA) is 32.8 Å². The highest BCUT2D eigenvalue weighted by molar-refractivity contribution is 6.07. The molecule has 2 atom stereocenters. The third-order valence-electron chi connectivity index (χ3n) is 7.69. The smallest absolute Gasteiger partial charge is 0.254 e. The molecule has 3 aromatic rings. The fourth-order valence-corrected chi connectivity index (χ4v) is 5.81. The molecule has 178 valence electrons. The van der Waals surface area contributed by atoms with Crippen molar-refractivity contribution in [2.45, 2.75) is 18.8 Å². The second kappa shape index (κ2) is 10.2. The predicted molar refractivity (Wildman–Crippen MR) is 134 cm³/mol. The third kappa shape index (κ3) is 4.86. The van der Waals surface area contributed by atoms with E-state index in [1.807, 2.05) is 47.4 Å². The molecular weight excluding hydrogens is 427 g/mol. The second-order valence-corrected chi connectivity index (χ2v) is 9.84. The largest absolute Gasteiger partial charge is 0.384 e. The van der Waals surface area contributed by atoms with Crippen LogP contribution in [0.1, 0.15) is 34.7 Å². The lowest BCUT2D eigenvalue weighted by atomic mass is 9.88. The van der Waals surface area contributed by atoms with Gasteiger partial charge in [0.25, 0.3) is 5.91 Å². The highest BCUT2D eigenvalue weighted by Gasteiger charge is 2.37. The molecule has 0 aliphatic carbocycles. The van der Waals surface area contributed by atoms with Gasteiger partial charge in [-0.15, -0.1) is 0 Å². The van der Waals surface area contributed by atoms with E-state index in [4.69, 9.17) is 4.74 Å². The fourth-order valence-electron chi connectivity index (χ4n) is 5.81. The van der Waals surface area contributed by atoms with Gasteiger partial charge in [-0.1, -0.05) is 48.5 Å². The number of ether oxygens (including phenoxy) is 1. The van der Waals surface area contributed by atoms with Gasteiger partial charge in [0, 0.05) is 38.2 Å². The first kappa shape index (κ1) is 23.0. The summed E-state index contributed by atoms with van der Waals surface area (Å²) in [6, 6.07) is 21.1. The molecule has 3 aromatic carbocycles. The van der Waals surface area contributed by atoms with Crippen LogP contribution in [-0.2, 0) is 4.74 Å². The van der Waals surface area contributed by atoms with Gasteiger partial charge in [-0.3, -0.25) is 4.79 Å². The normalized spacial score (nSPS) is 21.9. The number of likely N-dealkylation sites (tertiary alicyclic amines) is 2. The first-order chi connectivity index (χ1) is 16.6. The number of carbonyl (C=O) groups excluding carboxylic acids is 1. The van der Waals surface area contributed by atoms with Crippen molar-refractivity contribution >= 4 is 16.7 Å². The van der Waals surface area contributed by atoms with Gasteiger partial charge in [0.05, 0.1) is 6.61 Å². The summed E-state index contributed by atoms with van der Waals surface area (Å²) in [4.78, 5) is 18.1. The minimum atomic E-state index is -0.172. The van der Waals surface area contributed by atoms with Crippen LogP contribution in [0.5, 0.6) is 0 Å². The van der Waals surface area contributed by atoms with Crippen molar-refractivity contribution in [3.8, 4) is 0 Å². The van der Waals surface area contributed by atoms with Crippen molar-refractivity contribution in [1.82, 2.24) is 9.80 Å². The number of hydrogen-bond donors (Lipinski definition) is 0. The average Bonchev–Trinajstić information content (AvgIpc) is 3.26. The van der Waals surface area contributed by atoms with Gasteiger partial charge in [-0.25, -0.2) is 4.39 Å². The van der Waals surface area contributed by atoms with Crippen LogP contribution in [0.4, 0.5) is 4.39 Å². The van der Waals surface area contributed by atoms with Gasteiger partial charge < -0.3 is 14.5 Å². The number of amides is 1. The van der Waals surface area contributed by atoms with Gasteiger partial charge >= 0.3 is 0 Å². The predicted octanol–water partition coefficient (Wildman–Crippen LogP) is 5.19. The molecule has 5 rings (SSSR count). The molecule has 2 heterocycles. The molecule has 2 aliphatic rings. The fraction of sp³-hybridized carbons (Fsp3) is 0.414. The van der Waals surface area contributed by atoms with Crippen LogP contribution in [-0.4, -0.2) is 62.1 Å². The summed E-state index contributed by atoms with van der Waals surface area (Å²) < 4.78 is 18.8. The molecule has 2 fully saturated rings. The maximum atomic E-state index is 13.5. The lowest BCUT2D eigenvalue weighted by Gasteiger charge is -2.34. The molecule has 1 amide bonds. The number of nitrogens with zero attached hydrogens (tertiary/aromatic N) is 2. The summed E-state index contributed by atoms with van der Waals surface area (Å²) in [7, 11) is 1.75. The van der Waals surface area contributed by atoms with Crippen LogP contribution in [0, 0.1) is 17.7 Å². The Morgan fingerprint density at radius 2 is 1.65 bits per heavy atom. The van der Waals surface area contributed by atoms with E-state index in [9.17, 15) is 9.18 Å². The van der Waals surface area contributed by atoms with E-state index >= 15 is 0 Å². The molecule has 2 unspecified atom stereocenters. The number of methoxy groups -OCH3 is 1. The number of benzene rings is 3. The molecule has 0 N–H and O–H groups in total. The van der Waals surface area contributed by atoms with Crippen molar-refractivity contribution in [1.29, 1.82) is 0 Å². The van der Waals surface area contributed by atoms with Crippen LogP contribution in [0.25, 0.3) is 10.8 Å². The maximum absolute atomic E-state index is 13.5. The summed E-state index contributed by atoms with van der Waals surface area (Å²) in [5, 5.41) is 2.12. The van der Waals surface area contributed by atoms with Crippen molar-refractivity contribution < 1.29 is 13.9 Å². The van der Waals surface area contributed by atoms with Crippen LogP contribution in [0.2, 0.25) is 0 Å². The molecule has 0 aromatic heterocycles. The number of hydrogen-bond acceptors (Lipinski definition) is 3. The molecule has 2 aliphatic heterocycles. The minimum Gasteiger partial charge on any atom is -0.384 e. The van der Waals surface area contributed by atoms with Crippen LogP contribution in [0.15, 0.2) is 66.7 Å². The molecule has 4 nitrogen and oxygen atoms in total. The Bertz CT molecular complexity index is 1120. The Morgan fingerprint density at radius 3 is 2.41 bits per heavy atom. The van der Waals surface area contributed by atoms with Gasteiger partial charge in [-0.05, 0) is 72.3 Å². The second-order valence-electron chi connectivity index (χ2n) is 9.84. The average molecular weight is 461 g/mol. The molecule has 34 heavy (non-hydrogen) atoms. The van der Waals surface area contributed by atoms with Crippen molar-refractivity contribution in [2.75, 3.05) is 46.4 Å². The lowest BCUT2D eigenvalue weighted by molar-refractivity contribution is 0.0776. The highest BCUT2D eigenvalue weighted by atomic mass is 19.1. The quantitative estimate of drug-likeness (QED) is 0.507. The lowest BCUT2D eigenvalue weighted by Crippen LogP contribution is -2.39. The van der Waals surface area contributed by atoms with E-state index in [1.165, 1.54) is 5.56 Å².